The van der Waals surface area contributed by atoms with Gasteiger partial charge in [-0.05, 0) is 37.8 Å². The number of nitrogens with zero attached hydrogens (tertiary/aromatic N) is 3. The Hall–Kier alpha value is -1.92. The molecule has 3 aromatic rings. The van der Waals surface area contributed by atoms with E-state index < -0.39 is 0 Å². The van der Waals surface area contributed by atoms with Crippen LogP contribution in [0.3, 0.4) is 0 Å². The first-order chi connectivity index (χ1) is 11.8. The van der Waals surface area contributed by atoms with Gasteiger partial charge in [0.05, 0.1) is 5.56 Å². The van der Waals surface area contributed by atoms with Gasteiger partial charge in [-0.1, -0.05) is 6.07 Å². The number of oxazole rings is 1. The summed E-state index contributed by atoms with van der Waals surface area (Å²) in [6.07, 6.45) is 5.57. The molecule has 2 aromatic heterocycles. The van der Waals surface area contributed by atoms with E-state index in [4.69, 9.17) is 9.40 Å². The zero-order valence-electron chi connectivity index (χ0n) is 13.7. The van der Waals surface area contributed by atoms with Crippen LogP contribution in [0.4, 0.5) is 6.01 Å². The van der Waals surface area contributed by atoms with Crippen molar-refractivity contribution in [3.8, 4) is 10.6 Å². The van der Waals surface area contributed by atoms with Crippen molar-refractivity contribution in [1.29, 1.82) is 0 Å². The lowest BCUT2D eigenvalue weighted by Gasteiger charge is -2.36. The molecule has 0 spiro atoms. The fourth-order valence-corrected chi connectivity index (χ4v) is 4.58. The molecule has 5 nitrogen and oxygen atoms in total. The Balaban J connectivity index is 1.63. The number of aromatic nitrogens is 2. The van der Waals surface area contributed by atoms with Crippen molar-refractivity contribution in [3.63, 3.8) is 0 Å². The van der Waals surface area contributed by atoms with Gasteiger partial charge in [0.25, 0.3) is 6.01 Å². The lowest BCUT2D eigenvalue weighted by molar-refractivity contribution is 0.399. The van der Waals surface area contributed by atoms with Crippen molar-refractivity contribution in [2.24, 2.45) is 0 Å². The van der Waals surface area contributed by atoms with E-state index in [1.54, 1.807) is 11.3 Å². The SMILES string of the molecule is Cc1ccc(-c2nccs2)c2oc(N3CC4CCCC3CN4)nc12. The predicted octanol–water partition coefficient (Wildman–Crippen LogP) is 3.59. The van der Waals surface area contributed by atoms with Crippen LogP contribution in [0.2, 0.25) is 0 Å². The summed E-state index contributed by atoms with van der Waals surface area (Å²) in [5, 5.41) is 6.63. The van der Waals surface area contributed by atoms with E-state index in [1.165, 1.54) is 19.3 Å². The minimum Gasteiger partial charge on any atom is -0.423 e. The first-order valence-corrected chi connectivity index (χ1v) is 9.47. The van der Waals surface area contributed by atoms with Crippen molar-refractivity contribution in [1.82, 2.24) is 15.3 Å². The third kappa shape index (κ3) is 2.24. The number of piperazine rings is 1. The molecule has 0 radical (unpaired) electrons. The van der Waals surface area contributed by atoms with Crippen LogP contribution >= 0.6 is 11.3 Å². The average molecular weight is 340 g/mol. The fraction of sp³-hybridized carbons (Fsp3) is 0.444. The van der Waals surface area contributed by atoms with Gasteiger partial charge in [-0.15, -0.1) is 11.3 Å². The van der Waals surface area contributed by atoms with E-state index in [0.29, 0.717) is 12.1 Å². The minimum absolute atomic E-state index is 0.487. The largest absolute Gasteiger partial charge is 0.423 e. The highest BCUT2D eigenvalue weighted by atomic mass is 32.1. The minimum atomic E-state index is 0.487. The standard InChI is InChI=1S/C18H20N4OS/c1-11-5-6-14(17-19-7-8-24-17)16-15(11)21-18(23-16)22-10-12-3-2-4-13(22)9-20-12/h5-8,12-13,20H,2-4,9-10H2,1H3. The molecule has 5 heterocycles. The van der Waals surface area contributed by atoms with E-state index in [2.05, 4.69) is 34.3 Å². The Morgan fingerprint density at radius 3 is 3.17 bits per heavy atom. The van der Waals surface area contributed by atoms with Gasteiger partial charge < -0.3 is 14.6 Å². The Morgan fingerprint density at radius 1 is 1.33 bits per heavy atom. The molecule has 124 valence electrons. The maximum atomic E-state index is 6.31. The molecule has 3 aliphatic rings. The lowest BCUT2D eigenvalue weighted by Crippen LogP contribution is -2.54. The Bertz CT molecular complexity index is 869. The maximum absolute atomic E-state index is 6.31. The van der Waals surface area contributed by atoms with Crippen LogP contribution in [0.1, 0.15) is 24.8 Å². The maximum Gasteiger partial charge on any atom is 0.298 e. The summed E-state index contributed by atoms with van der Waals surface area (Å²) in [5.74, 6) is 0. The number of fused-ring (bicyclic) bond motifs is 5. The Labute approximate surface area is 144 Å². The second-order valence-electron chi connectivity index (χ2n) is 6.78. The molecular weight excluding hydrogens is 320 g/mol. The molecule has 2 bridgehead atoms. The van der Waals surface area contributed by atoms with Gasteiger partial charge in [0.2, 0.25) is 0 Å². The first-order valence-electron chi connectivity index (χ1n) is 8.59. The molecule has 0 saturated carbocycles. The first kappa shape index (κ1) is 14.4. The molecule has 6 heteroatoms. The Kier molecular flexibility index (Phi) is 3.35. The summed E-state index contributed by atoms with van der Waals surface area (Å²) < 4.78 is 6.31. The summed E-state index contributed by atoms with van der Waals surface area (Å²) in [6, 6.07) is 6.03. The van der Waals surface area contributed by atoms with E-state index in [9.17, 15) is 0 Å². The van der Waals surface area contributed by atoms with Crippen LogP contribution in [0, 0.1) is 6.92 Å². The van der Waals surface area contributed by atoms with Gasteiger partial charge in [-0.25, -0.2) is 4.98 Å². The zero-order valence-corrected chi connectivity index (χ0v) is 14.5. The van der Waals surface area contributed by atoms with Crippen LogP contribution in [0.25, 0.3) is 21.7 Å². The summed E-state index contributed by atoms with van der Waals surface area (Å²) in [7, 11) is 0. The zero-order chi connectivity index (χ0) is 16.1. The molecule has 3 saturated heterocycles. The summed E-state index contributed by atoms with van der Waals surface area (Å²) in [6.45, 7) is 4.11. The molecule has 1 N–H and O–H groups in total. The van der Waals surface area contributed by atoms with Crippen LogP contribution in [-0.2, 0) is 0 Å². The van der Waals surface area contributed by atoms with Gasteiger partial charge in [-0.2, -0.15) is 4.98 Å². The van der Waals surface area contributed by atoms with Crippen LogP contribution in [0.5, 0.6) is 0 Å². The quantitative estimate of drug-likeness (QED) is 0.772. The molecule has 0 amide bonds. The number of aryl methyl sites for hydroxylation is 1. The number of rotatable bonds is 2. The molecule has 3 fully saturated rings. The average Bonchev–Trinajstić information content (AvgIpc) is 3.18. The number of thiazole rings is 1. The van der Waals surface area contributed by atoms with E-state index in [0.717, 1.165) is 46.3 Å². The third-order valence-electron chi connectivity index (χ3n) is 5.23. The van der Waals surface area contributed by atoms with Gasteiger partial charge in [0.1, 0.15) is 10.5 Å². The fourth-order valence-electron chi connectivity index (χ4n) is 3.92. The van der Waals surface area contributed by atoms with E-state index in [-0.39, 0.29) is 0 Å². The van der Waals surface area contributed by atoms with Crippen LogP contribution in [0.15, 0.2) is 28.1 Å². The van der Waals surface area contributed by atoms with Gasteiger partial charge in [-0.3, -0.25) is 0 Å². The Morgan fingerprint density at radius 2 is 2.29 bits per heavy atom. The molecule has 6 rings (SSSR count). The number of benzene rings is 1. The topological polar surface area (TPSA) is 54.2 Å². The molecule has 24 heavy (non-hydrogen) atoms. The van der Waals surface area contributed by atoms with Gasteiger partial charge in [0, 0.05) is 36.8 Å². The van der Waals surface area contributed by atoms with E-state index >= 15 is 0 Å². The van der Waals surface area contributed by atoms with Crippen molar-refractivity contribution < 1.29 is 4.42 Å². The predicted molar refractivity (Wildman–Crippen MR) is 96.6 cm³/mol. The normalized spacial score (nSPS) is 23.8. The molecule has 2 atom stereocenters. The highest BCUT2D eigenvalue weighted by Gasteiger charge is 2.34. The van der Waals surface area contributed by atoms with Crippen molar-refractivity contribution >= 4 is 28.5 Å². The number of nitrogens with one attached hydrogen (secondary N) is 1. The molecule has 1 aromatic carbocycles. The van der Waals surface area contributed by atoms with Crippen LogP contribution in [-0.4, -0.2) is 35.1 Å². The number of hydrogen-bond donors (Lipinski definition) is 1. The third-order valence-corrected chi connectivity index (χ3v) is 6.04. The van der Waals surface area contributed by atoms with Crippen LogP contribution < -0.4 is 10.2 Å². The van der Waals surface area contributed by atoms with Crippen molar-refractivity contribution in [3.05, 3.63) is 29.3 Å². The summed E-state index contributed by atoms with van der Waals surface area (Å²) >= 11 is 1.63. The number of hydrogen-bond acceptors (Lipinski definition) is 6. The number of anilines is 1. The molecular formula is C18H20N4OS. The highest BCUT2D eigenvalue weighted by molar-refractivity contribution is 7.13. The molecule has 3 aliphatic heterocycles. The summed E-state index contributed by atoms with van der Waals surface area (Å²) in [4.78, 5) is 11.7. The van der Waals surface area contributed by atoms with Gasteiger partial charge in [0.15, 0.2) is 5.58 Å². The second-order valence-corrected chi connectivity index (χ2v) is 7.68. The highest BCUT2D eigenvalue weighted by Crippen LogP contribution is 2.36. The molecule has 2 unspecified atom stereocenters. The van der Waals surface area contributed by atoms with E-state index in [1.807, 2.05) is 11.6 Å². The summed E-state index contributed by atoms with van der Waals surface area (Å²) in [5.41, 5.74) is 4.03. The van der Waals surface area contributed by atoms with Gasteiger partial charge >= 0.3 is 0 Å². The van der Waals surface area contributed by atoms with Crippen molar-refractivity contribution in [2.45, 2.75) is 38.3 Å². The second kappa shape index (κ2) is 5.57. The van der Waals surface area contributed by atoms with Crippen molar-refractivity contribution in [2.75, 3.05) is 18.0 Å². The smallest absolute Gasteiger partial charge is 0.298 e. The molecule has 0 aliphatic carbocycles. The monoisotopic (exact) mass is 340 g/mol. The lowest BCUT2D eigenvalue weighted by atomic mass is 10.1.